The fourth-order valence-electron chi connectivity index (χ4n) is 2.96. The summed E-state index contributed by atoms with van der Waals surface area (Å²) in [7, 11) is 0. The van der Waals surface area contributed by atoms with Crippen LogP contribution >= 0.6 is 0 Å². The zero-order valence-electron chi connectivity index (χ0n) is 13.9. The number of amides is 1. The summed E-state index contributed by atoms with van der Waals surface area (Å²) in [5.41, 5.74) is 2.94. The van der Waals surface area contributed by atoms with Gasteiger partial charge in [0.2, 0.25) is 5.91 Å². The SMILES string of the molecule is Cc1ccccc1-c1cc(NC(=O)C2CCOCC2)n(CCO)n1. The molecule has 3 rings (SSSR count). The highest BCUT2D eigenvalue weighted by Gasteiger charge is 2.23. The largest absolute Gasteiger partial charge is 0.394 e. The Hall–Kier alpha value is -2.18. The van der Waals surface area contributed by atoms with Gasteiger partial charge in [-0.1, -0.05) is 24.3 Å². The predicted molar refractivity (Wildman–Crippen MR) is 91.7 cm³/mol. The van der Waals surface area contributed by atoms with Gasteiger partial charge in [-0.2, -0.15) is 5.10 Å². The summed E-state index contributed by atoms with van der Waals surface area (Å²) in [5.74, 6) is 0.589. The Balaban J connectivity index is 1.83. The van der Waals surface area contributed by atoms with Gasteiger partial charge in [0.15, 0.2) is 0 Å². The van der Waals surface area contributed by atoms with Gasteiger partial charge < -0.3 is 15.2 Å². The number of aliphatic hydroxyl groups excluding tert-OH is 1. The molecule has 1 aromatic carbocycles. The molecule has 6 nitrogen and oxygen atoms in total. The zero-order valence-corrected chi connectivity index (χ0v) is 13.9. The number of nitrogens with zero attached hydrogens (tertiary/aromatic N) is 2. The molecule has 2 N–H and O–H groups in total. The topological polar surface area (TPSA) is 76.4 Å². The third-order valence-corrected chi connectivity index (χ3v) is 4.36. The van der Waals surface area contributed by atoms with Crippen LogP contribution in [0.3, 0.4) is 0 Å². The second-order valence-corrected chi connectivity index (χ2v) is 6.05. The molecule has 0 unspecified atom stereocenters. The lowest BCUT2D eigenvalue weighted by atomic mass is 9.99. The van der Waals surface area contributed by atoms with Crippen molar-refractivity contribution in [2.75, 3.05) is 25.1 Å². The molecule has 2 heterocycles. The minimum atomic E-state index is -0.0327. The molecule has 0 aliphatic carbocycles. The lowest BCUT2D eigenvalue weighted by Gasteiger charge is -2.21. The highest BCUT2D eigenvalue weighted by molar-refractivity contribution is 5.92. The molecule has 128 valence electrons. The number of ether oxygens (including phenoxy) is 1. The van der Waals surface area contributed by atoms with Gasteiger partial charge in [0.25, 0.3) is 0 Å². The highest BCUT2D eigenvalue weighted by atomic mass is 16.5. The van der Waals surface area contributed by atoms with Crippen LogP contribution < -0.4 is 5.32 Å². The number of aromatic nitrogens is 2. The number of carbonyl (C=O) groups is 1. The normalized spacial score (nSPS) is 15.4. The molecule has 0 spiro atoms. The van der Waals surface area contributed by atoms with Gasteiger partial charge in [-0.3, -0.25) is 4.79 Å². The maximum absolute atomic E-state index is 12.5. The Labute approximate surface area is 141 Å². The monoisotopic (exact) mass is 329 g/mol. The van der Waals surface area contributed by atoms with Crippen LogP contribution in [0, 0.1) is 12.8 Å². The lowest BCUT2D eigenvalue weighted by Crippen LogP contribution is -2.29. The van der Waals surface area contributed by atoms with E-state index >= 15 is 0 Å². The quantitative estimate of drug-likeness (QED) is 0.882. The van der Waals surface area contributed by atoms with E-state index in [1.807, 2.05) is 37.3 Å². The summed E-state index contributed by atoms with van der Waals surface area (Å²) in [6.45, 7) is 3.59. The van der Waals surface area contributed by atoms with Gasteiger partial charge in [-0.15, -0.1) is 0 Å². The van der Waals surface area contributed by atoms with Gasteiger partial charge in [0, 0.05) is 30.8 Å². The van der Waals surface area contributed by atoms with Crippen LogP contribution in [0.1, 0.15) is 18.4 Å². The Morgan fingerprint density at radius 1 is 1.38 bits per heavy atom. The van der Waals surface area contributed by atoms with E-state index in [4.69, 9.17) is 4.74 Å². The summed E-state index contributed by atoms with van der Waals surface area (Å²) in [5, 5.41) is 16.8. The number of hydrogen-bond acceptors (Lipinski definition) is 4. The number of aliphatic hydroxyl groups is 1. The minimum Gasteiger partial charge on any atom is -0.394 e. The van der Waals surface area contributed by atoms with Crippen LogP contribution in [-0.2, 0) is 16.1 Å². The molecule has 0 radical (unpaired) electrons. The number of carbonyl (C=O) groups excluding carboxylic acids is 1. The predicted octanol–water partition coefficient (Wildman–Crippen LogP) is 2.22. The molecule has 1 saturated heterocycles. The maximum atomic E-state index is 12.5. The van der Waals surface area contributed by atoms with E-state index in [1.165, 1.54) is 0 Å². The molecule has 0 saturated carbocycles. The van der Waals surface area contributed by atoms with Crippen LogP contribution in [0.5, 0.6) is 0 Å². The summed E-state index contributed by atoms with van der Waals surface area (Å²) in [6, 6.07) is 9.85. The molecular formula is C18H23N3O3. The molecule has 6 heteroatoms. The van der Waals surface area contributed by atoms with E-state index < -0.39 is 0 Å². The first-order valence-electron chi connectivity index (χ1n) is 8.32. The Morgan fingerprint density at radius 3 is 2.83 bits per heavy atom. The molecule has 1 aromatic heterocycles. The first kappa shape index (κ1) is 16.7. The van der Waals surface area contributed by atoms with Gasteiger partial charge in [-0.05, 0) is 25.3 Å². The Bertz CT molecular complexity index is 705. The number of hydrogen-bond donors (Lipinski definition) is 2. The van der Waals surface area contributed by atoms with Gasteiger partial charge >= 0.3 is 0 Å². The van der Waals surface area contributed by atoms with E-state index in [0.717, 1.165) is 29.7 Å². The van der Waals surface area contributed by atoms with Crippen LogP contribution in [0.15, 0.2) is 30.3 Å². The van der Waals surface area contributed by atoms with Crippen molar-refractivity contribution < 1.29 is 14.6 Å². The first-order valence-corrected chi connectivity index (χ1v) is 8.32. The average Bonchev–Trinajstić information content (AvgIpc) is 2.99. The minimum absolute atomic E-state index is 0.00581. The van der Waals surface area contributed by atoms with Crippen LogP contribution in [0.25, 0.3) is 11.3 Å². The third-order valence-electron chi connectivity index (χ3n) is 4.36. The van der Waals surface area contributed by atoms with Crippen molar-refractivity contribution in [2.45, 2.75) is 26.3 Å². The molecule has 0 atom stereocenters. The summed E-state index contributed by atoms with van der Waals surface area (Å²) in [6.07, 6.45) is 1.48. The molecule has 2 aromatic rings. The highest BCUT2D eigenvalue weighted by Crippen LogP contribution is 2.26. The van der Waals surface area contributed by atoms with Gasteiger partial charge in [-0.25, -0.2) is 4.68 Å². The van der Waals surface area contributed by atoms with E-state index in [-0.39, 0.29) is 18.4 Å². The second-order valence-electron chi connectivity index (χ2n) is 6.05. The average molecular weight is 329 g/mol. The summed E-state index contributed by atoms with van der Waals surface area (Å²) >= 11 is 0. The molecule has 1 amide bonds. The van der Waals surface area contributed by atoms with Gasteiger partial charge in [0.1, 0.15) is 5.82 Å². The smallest absolute Gasteiger partial charge is 0.228 e. The second kappa shape index (κ2) is 7.59. The van der Waals surface area contributed by atoms with Crippen molar-refractivity contribution in [3.05, 3.63) is 35.9 Å². The number of nitrogens with one attached hydrogen (secondary N) is 1. The summed E-state index contributed by atoms with van der Waals surface area (Å²) in [4.78, 5) is 12.5. The number of anilines is 1. The standard InChI is InChI=1S/C18H23N3O3/c1-13-4-2-3-5-15(13)16-12-17(21(20-16)8-9-22)19-18(23)14-6-10-24-11-7-14/h2-5,12,14,22H,6-11H2,1H3,(H,19,23). The van der Waals surface area contributed by atoms with Crippen molar-refractivity contribution in [3.63, 3.8) is 0 Å². The van der Waals surface area contributed by atoms with Crippen molar-refractivity contribution in [1.29, 1.82) is 0 Å². The molecule has 1 fully saturated rings. The van der Waals surface area contributed by atoms with E-state index in [2.05, 4.69) is 10.4 Å². The molecular weight excluding hydrogens is 306 g/mol. The van der Waals surface area contributed by atoms with Crippen LogP contribution in [0.2, 0.25) is 0 Å². The Morgan fingerprint density at radius 2 is 2.12 bits per heavy atom. The van der Waals surface area contributed by atoms with Crippen molar-refractivity contribution in [3.8, 4) is 11.3 Å². The fraction of sp³-hybridized carbons (Fsp3) is 0.444. The zero-order chi connectivity index (χ0) is 16.9. The molecule has 1 aliphatic heterocycles. The van der Waals surface area contributed by atoms with Crippen molar-refractivity contribution >= 4 is 11.7 Å². The molecule has 24 heavy (non-hydrogen) atoms. The number of benzene rings is 1. The Kier molecular flexibility index (Phi) is 5.27. The van der Waals surface area contributed by atoms with Crippen molar-refractivity contribution in [1.82, 2.24) is 9.78 Å². The van der Waals surface area contributed by atoms with Crippen LogP contribution in [-0.4, -0.2) is 40.6 Å². The van der Waals surface area contributed by atoms with E-state index in [9.17, 15) is 9.90 Å². The van der Waals surface area contributed by atoms with Crippen molar-refractivity contribution in [2.24, 2.45) is 5.92 Å². The lowest BCUT2D eigenvalue weighted by molar-refractivity contribution is -0.122. The molecule has 1 aliphatic rings. The number of aryl methyl sites for hydroxylation is 1. The maximum Gasteiger partial charge on any atom is 0.228 e. The van der Waals surface area contributed by atoms with E-state index in [0.29, 0.717) is 25.6 Å². The summed E-state index contributed by atoms with van der Waals surface area (Å²) < 4.78 is 6.96. The molecule has 0 bridgehead atoms. The van der Waals surface area contributed by atoms with Crippen LogP contribution in [0.4, 0.5) is 5.82 Å². The fourth-order valence-corrected chi connectivity index (χ4v) is 2.96. The van der Waals surface area contributed by atoms with Gasteiger partial charge in [0.05, 0.1) is 18.8 Å². The third kappa shape index (κ3) is 3.66. The number of rotatable bonds is 5. The van der Waals surface area contributed by atoms with E-state index in [1.54, 1.807) is 4.68 Å². The first-order chi connectivity index (χ1) is 11.7.